The molecule has 1 fully saturated rings. The Balaban J connectivity index is 2.11. The van der Waals surface area contributed by atoms with Crippen LogP contribution in [-0.4, -0.2) is 31.8 Å². The lowest BCUT2D eigenvalue weighted by molar-refractivity contribution is -0.124. The Morgan fingerprint density at radius 3 is 2.94 bits per heavy atom. The fourth-order valence-corrected chi connectivity index (χ4v) is 3.17. The van der Waals surface area contributed by atoms with Crippen LogP contribution in [0.4, 0.5) is 5.69 Å². The fraction of sp³-hybridized carbons (Fsp3) is 0.429. The highest BCUT2D eigenvalue weighted by atomic mass is 16.2. The number of carbonyl (C=O) groups excluding carboxylic acids is 2. The molecule has 0 bridgehead atoms. The molecule has 0 aliphatic carbocycles. The third-order valence-corrected chi connectivity index (χ3v) is 4.01. The Labute approximate surface area is 106 Å². The van der Waals surface area contributed by atoms with Crippen molar-refractivity contribution in [1.82, 2.24) is 5.32 Å². The van der Waals surface area contributed by atoms with Gasteiger partial charge in [0.25, 0.3) is 0 Å². The Hall–Kier alpha value is -1.68. The lowest BCUT2D eigenvalue weighted by Gasteiger charge is -2.32. The maximum Gasteiger partial charge on any atom is 0.239 e. The van der Waals surface area contributed by atoms with E-state index in [2.05, 4.69) is 5.32 Å². The van der Waals surface area contributed by atoms with Crippen LogP contribution in [0.15, 0.2) is 24.3 Å². The van der Waals surface area contributed by atoms with Gasteiger partial charge in [0.15, 0.2) is 0 Å². The smallest absolute Gasteiger partial charge is 0.239 e. The van der Waals surface area contributed by atoms with Gasteiger partial charge in [0.05, 0.1) is 12.0 Å². The molecule has 2 aliphatic heterocycles. The van der Waals surface area contributed by atoms with Crippen molar-refractivity contribution in [3.05, 3.63) is 29.8 Å². The van der Waals surface area contributed by atoms with E-state index in [0.29, 0.717) is 6.54 Å². The molecular formula is C14H16N2O2. The fourth-order valence-electron chi connectivity index (χ4n) is 3.17. The molecule has 3 rings (SSSR count). The van der Waals surface area contributed by atoms with E-state index in [0.717, 1.165) is 36.9 Å². The van der Waals surface area contributed by atoms with E-state index in [1.807, 2.05) is 24.3 Å². The van der Waals surface area contributed by atoms with Gasteiger partial charge in [-0.05, 0) is 31.0 Å². The largest absolute Gasteiger partial charge is 0.315 e. The molecule has 0 radical (unpaired) electrons. The number of hydrogen-bond acceptors (Lipinski definition) is 3. The average Bonchev–Trinajstić information content (AvgIpc) is 2.64. The molecule has 0 aromatic heterocycles. The van der Waals surface area contributed by atoms with Crippen LogP contribution in [-0.2, 0) is 15.0 Å². The van der Waals surface area contributed by atoms with E-state index in [-0.39, 0.29) is 12.5 Å². The molecule has 4 nitrogen and oxygen atoms in total. The predicted octanol–water partition coefficient (Wildman–Crippen LogP) is 0.853. The maximum atomic E-state index is 12.7. The zero-order valence-electron chi connectivity index (χ0n) is 10.2. The molecule has 2 aliphatic rings. The number of para-hydroxylation sites is 1. The van der Waals surface area contributed by atoms with Crippen LogP contribution in [0, 0.1) is 0 Å². The summed E-state index contributed by atoms with van der Waals surface area (Å²) < 4.78 is 0. The number of nitrogens with zero attached hydrogens (tertiary/aromatic N) is 1. The molecule has 1 amide bonds. The SMILES string of the molecule is O=CCN1C(=O)C2(CCCNC2)c2ccccc21. The molecule has 1 atom stereocenters. The number of benzene rings is 1. The Bertz CT molecular complexity index is 492. The molecule has 4 heteroatoms. The zero-order valence-corrected chi connectivity index (χ0v) is 10.2. The summed E-state index contributed by atoms with van der Waals surface area (Å²) in [6.45, 7) is 1.79. The van der Waals surface area contributed by atoms with Gasteiger partial charge in [0.1, 0.15) is 6.29 Å². The van der Waals surface area contributed by atoms with Gasteiger partial charge in [0.2, 0.25) is 5.91 Å². The third-order valence-electron chi connectivity index (χ3n) is 4.01. The second kappa shape index (κ2) is 4.21. The number of carbonyl (C=O) groups is 2. The van der Waals surface area contributed by atoms with Crippen LogP contribution in [0.2, 0.25) is 0 Å². The van der Waals surface area contributed by atoms with Gasteiger partial charge >= 0.3 is 0 Å². The van der Waals surface area contributed by atoms with Crippen LogP contribution in [0.3, 0.4) is 0 Å². The monoisotopic (exact) mass is 244 g/mol. The molecule has 1 spiro atoms. The number of fused-ring (bicyclic) bond motifs is 2. The average molecular weight is 244 g/mol. The van der Waals surface area contributed by atoms with Crippen LogP contribution in [0.5, 0.6) is 0 Å². The molecule has 1 N–H and O–H groups in total. The van der Waals surface area contributed by atoms with Crippen molar-refractivity contribution in [2.24, 2.45) is 0 Å². The van der Waals surface area contributed by atoms with Crippen molar-refractivity contribution in [3.63, 3.8) is 0 Å². The van der Waals surface area contributed by atoms with E-state index < -0.39 is 5.41 Å². The summed E-state index contributed by atoms with van der Waals surface area (Å²) in [6.07, 6.45) is 2.66. The van der Waals surface area contributed by atoms with Crippen molar-refractivity contribution in [1.29, 1.82) is 0 Å². The van der Waals surface area contributed by atoms with Crippen LogP contribution >= 0.6 is 0 Å². The molecular weight excluding hydrogens is 228 g/mol. The minimum atomic E-state index is -0.447. The minimum Gasteiger partial charge on any atom is -0.315 e. The van der Waals surface area contributed by atoms with Crippen LogP contribution in [0.25, 0.3) is 0 Å². The Morgan fingerprint density at radius 1 is 1.39 bits per heavy atom. The van der Waals surface area contributed by atoms with E-state index in [9.17, 15) is 9.59 Å². The second-order valence-electron chi connectivity index (χ2n) is 4.96. The van der Waals surface area contributed by atoms with Gasteiger partial charge in [-0.1, -0.05) is 18.2 Å². The molecule has 1 aromatic carbocycles. The standard InChI is InChI=1S/C14H16N2O2/c17-9-8-16-12-5-2-1-4-11(12)14(13(16)18)6-3-7-15-10-14/h1-2,4-5,9,15H,3,6-8,10H2. The highest BCUT2D eigenvalue weighted by Crippen LogP contribution is 2.44. The number of rotatable bonds is 2. The van der Waals surface area contributed by atoms with Gasteiger partial charge < -0.3 is 15.0 Å². The first-order chi connectivity index (χ1) is 8.79. The van der Waals surface area contributed by atoms with Crippen molar-refractivity contribution >= 4 is 17.9 Å². The lowest BCUT2D eigenvalue weighted by Crippen LogP contribution is -2.50. The normalized spacial score (nSPS) is 26.4. The summed E-state index contributed by atoms with van der Waals surface area (Å²) >= 11 is 0. The molecule has 1 saturated heterocycles. The maximum absolute atomic E-state index is 12.7. The number of nitrogens with one attached hydrogen (secondary N) is 1. The summed E-state index contributed by atoms with van der Waals surface area (Å²) in [5, 5.41) is 3.32. The van der Waals surface area contributed by atoms with Crippen LogP contribution in [0.1, 0.15) is 18.4 Å². The second-order valence-corrected chi connectivity index (χ2v) is 4.96. The number of hydrogen-bond donors (Lipinski definition) is 1. The first-order valence-electron chi connectivity index (χ1n) is 6.35. The van der Waals surface area contributed by atoms with Crippen LogP contribution < -0.4 is 10.2 Å². The highest BCUT2D eigenvalue weighted by molar-refractivity contribution is 6.09. The predicted molar refractivity (Wildman–Crippen MR) is 68.6 cm³/mol. The van der Waals surface area contributed by atoms with Gasteiger partial charge in [-0.15, -0.1) is 0 Å². The van der Waals surface area contributed by atoms with Crippen molar-refractivity contribution in [2.75, 3.05) is 24.5 Å². The number of piperidine rings is 1. The van der Waals surface area contributed by atoms with Gasteiger partial charge in [-0.2, -0.15) is 0 Å². The molecule has 1 aromatic rings. The molecule has 2 heterocycles. The third kappa shape index (κ3) is 1.42. The van der Waals surface area contributed by atoms with E-state index in [1.54, 1.807) is 4.90 Å². The lowest BCUT2D eigenvalue weighted by atomic mass is 9.76. The van der Waals surface area contributed by atoms with E-state index in [4.69, 9.17) is 0 Å². The number of amides is 1. The first kappa shape index (κ1) is 11.4. The molecule has 94 valence electrons. The highest BCUT2D eigenvalue weighted by Gasteiger charge is 2.50. The van der Waals surface area contributed by atoms with E-state index in [1.165, 1.54) is 0 Å². The van der Waals surface area contributed by atoms with Crippen molar-refractivity contribution in [3.8, 4) is 0 Å². The number of aldehydes is 1. The Morgan fingerprint density at radius 2 is 2.22 bits per heavy atom. The van der Waals surface area contributed by atoms with Gasteiger partial charge in [-0.3, -0.25) is 4.79 Å². The summed E-state index contributed by atoms with van der Waals surface area (Å²) in [7, 11) is 0. The van der Waals surface area contributed by atoms with E-state index >= 15 is 0 Å². The summed E-state index contributed by atoms with van der Waals surface area (Å²) in [6, 6.07) is 7.83. The van der Waals surface area contributed by atoms with Crippen molar-refractivity contribution in [2.45, 2.75) is 18.3 Å². The molecule has 18 heavy (non-hydrogen) atoms. The van der Waals surface area contributed by atoms with Gasteiger partial charge in [0, 0.05) is 12.2 Å². The molecule has 1 unspecified atom stereocenters. The summed E-state index contributed by atoms with van der Waals surface area (Å²) in [4.78, 5) is 25.1. The minimum absolute atomic E-state index is 0.0722. The summed E-state index contributed by atoms with van der Waals surface area (Å²) in [5.74, 6) is 0.0722. The topological polar surface area (TPSA) is 49.4 Å². The van der Waals surface area contributed by atoms with Crippen molar-refractivity contribution < 1.29 is 9.59 Å². The Kier molecular flexibility index (Phi) is 2.67. The molecule has 0 saturated carbocycles. The summed E-state index contributed by atoms with van der Waals surface area (Å²) in [5.41, 5.74) is 1.53. The zero-order chi connectivity index (χ0) is 12.6. The van der Waals surface area contributed by atoms with Gasteiger partial charge in [-0.25, -0.2) is 0 Å². The number of anilines is 1. The quantitative estimate of drug-likeness (QED) is 0.785. The first-order valence-corrected chi connectivity index (χ1v) is 6.35.